The predicted octanol–water partition coefficient (Wildman–Crippen LogP) is 3.87. The summed E-state index contributed by atoms with van der Waals surface area (Å²) < 4.78 is 40.2. The Morgan fingerprint density at radius 1 is 1.37 bits per heavy atom. The summed E-state index contributed by atoms with van der Waals surface area (Å²) in [5.41, 5.74) is 0.200. The first-order valence-corrected chi connectivity index (χ1v) is 10.0. The highest BCUT2D eigenvalue weighted by Crippen LogP contribution is 2.34. The zero-order valence-electron chi connectivity index (χ0n) is 15.6. The second-order valence-corrected chi connectivity index (χ2v) is 7.89. The highest BCUT2D eigenvalue weighted by Gasteiger charge is 2.35. The fourth-order valence-corrected chi connectivity index (χ4v) is 4.55. The van der Waals surface area contributed by atoms with Crippen LogP contribution in [0.15, 0.2) is 36.5 Å². The summed E-state index contributed by atoms with van der Waals surface area (Å²) in [5.74, 6) is -0.339. The number of rotatable bonds is 4. The molecule has 0 saturated carbocycles. The number of hydrogen-bond donors (Lipinski definition) is 1. The summed E-state index contributed by atoms with van der Waals surface area (Å²) in [4.78, 5) is 23.2. The van der Waals surface area contributed by atoms with Crippen LogP contribution in [0.3, 0.4) is 0 Å². The molecule has 1 atom stereocenters. The van der Waals surface area contributed by atoms with Crippen LogP contribution in [0.25, 0.3) is 10.3 Å². The topological polar surface area (TPSA) is 81.9 Å². The summed E-state index contributed by atoms with van der Waals surface area (Å²) in [6.45, 7) is 0.411. The van der Waals surface area contributed by atoms with E-state index in [1.165, 1.54) is 35.7 Å². The van der Waals surface area contributed by atoms with Gasteiger partial charge in [-0.25, -0.2) is 4.98 Å². The number of pyridine rings is 1. The van der Waals surface area contributed by atoms with Crippen LogP contribution in [0, 0.1) is 11.3 Å². The number of aromatic nitrogens is 2. The van der Waals surface area contributed by atoms with Gasteiger partial charge in [0.2, 0.25) is 5.91 Å². The zero-order valence-corrected chi connectivity index (χ0v) is 16.4. The Balaban J connectivity index is 1.50. The normalized spacial score (nSPS) is 16.6. The van der Waals surface area contributed by atoms with Gasteiger partial charge in [-0.3, -0.25) is 4.79 Å². The molecule has 30 heavy (non-hydrogen) atoms. The van der Waals surface area contributed by atoms with Crippen molar-refractivity contribution in [1.82, 2.24) is 15.3 Å². The average molecular weight is 431 g/mol. The van der Waals surface area contributed by atoms with Crippen molar-refractivity contribution in [2.45, 2.75) is 31.6 Å². The van der Waals surface area contributed by atoms with E-state index in [-0.39, 0.29) is 18.0 Å². The molecule has 1 aromatic carbocycles. The van der Waals surface area contributed by atoms with Crippen LogP contribution in [-0.4, -0.2) is 28.5 Å². The van der Waals surface area contributed by atoms with Gasteiger partial charge in [-0.1, -0.05) is 29.5 Å². The molecule has 1 saturated heterocycles. The quantitative estimate of drug-likeness (QED) is 0.678. The number of hydrogen-bond acceptors (Lipinski definition) is 6. The number of alkyl halides is 3. The van der Waals surface area contributed by atoms with Gasteiger partial charge in [0.05, 0.1) is 15.8 Å². The molecule has 1 aliphatic rings. The molecule has 2 aromatic heterocycles. The van der Waals surface area contributed by atoms with Gasteiger partial charge in [-0.05, 0) is 30.5 Å². The van der Waals surface area contributed by atoms with E-state index in [2.05, 4.69) is 15.3 Å². The molecule has 0 bridgehead atoms. The fourth-order valence-electron chi connectivity index (χ4n) is 3.51. The number of benzene rings is 1. The third kappa shape index (κ3) is 3.93. The number of anilines is 1. The Bertz CT molecular complexity index is 1140. The van der Waals surface area contributed by atoms with Crippen molar-refractivity contribution in [3.8, 4) is 6.07 Å². The number of carbonyl (C=O) groups is 1. The molecule has 1 amide bonds. The Kier molecular flexibility index (Phi) is 5.30. The second kappa shape index (κ2) is 7.91. The molecule has 1 N–H and O–H groups in total. The van der Waals surface area contributed by atoms with Crippen molar-refractivity contribution >= 4 is 32.7 Å². The zero-order chi connectivity index (χ0) is 21.3. The number of nitrogens with zero attached hydrogens (tertiary/aromatic N) is 4. The maximum absolute atomic E-state index is 13.2. The minimum atomic E-state index is -4.48. The van der Waals surface area contributed by atoms with Gasteiger partial charge < -0.3 is 10.2 Å². The fraction of sp³-hybridized carbons (Fsp3) is 0.300. The molecule has 0 unspecified atom stereocenters. The molecule has 4 rings (SSSR count). The molecule has 0 spiro atoms. The Morgan fingerprint density at radius 2 is 2.17 bits per heavy atom. The molecule has 3 heterocycles. The van der Waals surface area contributed by atoms with Crippen molar-refractivity contribution in [3.05, 3.63) is 53.2 Å². The van der Waals surface area contributed by atoms with Crippen molar-refractivity contribution in [2.75, 3.05) is 11.4 Å². The highest BCUT2D eigenvalue weighted by atomic mass is 32.1. The molecule has 0 aliphatic carbocycles. The number of fused-ring (bicyclic) bond motifs is 1. The Labute approximate surface area is 174 Å². The molecule has 3 aromatic rings. The van der Waals surface area contributed by atoms with Crippen molar-refractivity contribution < 1.29 is 18.0 Å². The summed E-state index contributed by atoms with van der Waals surface area (Å²) in [5, 5.41) is 12.3. The van der Waals surface area contributed by atoms with E-state index in [4.69, 9.17) is 5.26 Å². The van der Waals surface area contributed by atoms with Crippen LogP contribution in [0.5, 0.6) is 0 Å². The monoisotopic (exact) mass is 431 g/mol. The molecular weight excluding hydrogens is 415 g/mol. The van der Waals surface area contributed by atoms with Crippen LogP contribution in [0.4, 0.5) is 18.3 Å². The number of nitriles is 1. The third-order valence-corrected chi connectivity index (χ3v) is 5.97. The molecular formula is C20H16F3N5OS. The number of thiazole rings is 1. The van der Waals surface area contributed by atoms with E-state index < -0.39 is 17.8 Å². The lowest BCUT2D eigenvalue weighted by molar-refractivity contribution is -0.138. The van der Waals surface area contributed by atoms with Crippen molar-refractivity contribution in [3.63, 3.8) is 0 Å². The van der Waals surface area contributed by atoms with Gasteiger partial charge in [0.1, 0.15) is 12.1 Å². The Hall–Kier alpha value is -3.19. The van der Waals surface area contributed by atoms with Gasteiger partial charge in [-0.2, -0.15) is 23.4 Å². The lowest BCUT2D eigenvalue weighted by Crippen LogP contribution is -2.43. The summed E-state index contributed by atoms with van der Waals surface area (Å²) in [6, 6.07) is 8.42. The summed E-state index contributed by atoms with van der Waals surface area (Å²) in [7, 11) is 0. The molecule has 6 nitrogen and oxygen atoms in total. The van der Waals surface area contributed by atoms with Gasteiger partial charge >= 0.3 is 6.18 Å². The number of carbonyl (C=O) groups excluding carboxylic acids is 1. The van der Waals surface area contributed by atoms with Crippen LogP contribution < -0.4 is 10.2 Å². The lowest BCUT2D eigenvalue weighted by atomic mass is 10.1. The number of nitrogens with one attached hydrogen (secondary N) is 1. The molecule has 1 fully saturated rings. The molecule has 1 aliphatic heterocycles. The van der Waals surface area contributed by atoms with Gasteiger partial charge in [0.15, 0.2) is 10.8 Å². The van der Waals surface area contributed by atoms with E-state index in [1.54, 1.807) is 6.07 Å². The van der Waals surface area contributed by atoms with Gasteiger partial charge in [0, 0.05) is 19.3 Å². The first kappa shape index (κ1) is 20.1. The van der Waals surface area contributed by atoms with E-state index in [1.807, 2.05) is 11.0 Å². The maximum Gasteiger partial charge on any atom is 0.416 e. The molecule has 154 valence electrons. The third-order valence-electron chi connectivity index (χ3n) is 4.94. The predicted molar refractivity (Wildman–Crippen MR) is 106 cm³/mol. The largest absolute Gasteiger partial charge is 0.416 e. The van der Waals surface area contributed by atoms with E-state index in [9.17, 15) is 18.0 Å². The highest BCUT2D eigenvalue weighted by molar-refractivity contribution is 7.22. The van der Waals surface area contributed by atoms with Gasteiger partial charge in [-0.15, -0.1) is 0 Å². The van der Waals surface area contributed by atoms with Crippen LogP contribution in [0.1, 0.15) is 29.5 Å². The smallest absolute Gasteiger partial charge is 0.350 e. The van der Waals surface area contributed by atoms with E-state index in [0.717, 1.165) is 17.2 Å². The van der Waals surface area contributed by atoms with Crippen LogP contribution in [0.2, 0.25) is 0 Å². The summed E-state index contributed by atoms with van der Waals surface area (Å²) >= 11 is 1.34. The van der Waals surface area contributed by atoms with Gasteiger partial charge in [0.25, 0.3) is 0 Å². The van der Waals surface area contributed by atoms with Crippen molar-refractivity contribution in [2.24, 2.45) is 0 Å². The standard InChI is InChI=1S/C20H16F3N5OS/c21-20(22,23)14-5-2-1-4-13(14)11-26-18(29)15-6-3-7-28(15)19-27-17-16(30-19)8-12(9-24)10-25-17/h1-2,4-5,8,10,15H,3,6-7,11H2,(H,26,29)/t15-/m1/s1. The number of halogens is 3. The van der Waals surface area contributed by atoms with Crippen molar-refractivity contribution in [1.29, 1.82) is 5.26 Å². The second-order valence-electron chi connectivity index (χ2n) is 6.88. The van der Waals surface area contributed by atoms with Crippen LogP contribution in [-0.2, 0) is 17.5 Å². The van der Waals surface area contributed by atoms with Crippen LogP contribution >= 0.6 is 11.3 Å². The SMILES string of the molecule is N#Cc1cnc2nc(N3CCC[C@@H]3C(=O)NCc3ccccc3C(F)(F)F)sc2c1. The lowest BCUT2D eigenvalue weighted by Gasteiger charge is -2.23. The van der Waals surface area contributed by atoms with E-state index >= 15 is 0 Å². The van der Waals surface area contributed by atoms with E-state index in [0.29, 0.717) is 29.3 Å². The summed E-state index contributed by atoms with van der Waals surface area (Å²) in [6.07, 6.45) is -1.68. The average Bonchev–Trinajstić information content (AvgIpc) is 3.37. The number of amides is 1. The minimum Gasteiger partial charge on any atom is -0.350 e. The minimum absolute atomic E-state index is 0.0242. The molecule has 10 heteroatoms. The first-order valence-electron chi connectivity index (χ1n) is 9.23. The maximum atomic E-state index is 13.2. The molecule has 0 radical (unpaired) electrons. The Morgan fingerprint density at radius 3 is 2.93 bits per heavy atom. The first-order chi connectivity index (χ1) is 14.4.